The topological polar surface area (TPSA) is 73.9 Å². The molecule has 0 unspecified atom stereocenters. The van der Waals surface area contributed by atoms with Crippen LogP contribution in [0.15, 0.2) is 40.9 Å². The molecule has 1 N–H and O–H groups in total. The van der Waals surface area contributed by atoms with Crippen LogP contribution >= 0.6 is 15.9 Å². The van der Waals surface area contributed by atoms with Gasteiger partial charge in [0.05, 0.1) is 19.3 Å². The Bertz CT molecular complexity index is 828. The molecule has 27 heavy (non-hydrogen) atoms. The predicted octanol–water partition coefficient (Wildman–Crippen LogP) is 3.47. The molecule has 2 aromatic carbocycles. The highest BCUT2D eigenvalue weighted by Crippen LogP contribution is 2.25. The summed E-state index contributed by atoms with van der Waals surface area (Å²) in [6.07, 6.45) is 0. The van der Waals surface area contributed by atoms with E-state index in [-0.39, 0.29) is 31.1 Å². The summed E-state index contributed by atoms with van der Waals surface area (Å²) in [6.45, 7) is 1.57. The van der Waals surface area contributed by atoms with E-state index in [1.807, 2.05) is 0 Å². The number of esters is 1. The van der Waals surface area contributed by atoms with Crippen LogP contribution in [0.5, 0.6) is 11.5 Å². The molecule has 0 spiro atoms. The van der Waals surface area contributed by atoms with Gasteiger partial charge in [0.1, 0.15) is 17.3 Å². The lowest BCUT2D eigenvalue weighted by Crippen LogP contribution is -2.24. The third-order valence-corrected chi connectivity index (χ3v) is 4.03. The van der Waals surface area contributed by atoms with Crippen LogP contribution in [0.4, 0.5) is 4.39 Å². The Balaban J connectivity index is 2.12. The first-order valence-corrected chi connectivity index (χ1v) is 8.92. The highest BCUT2D eigenvalue weighted by molar-refractivity contribution is 9.10. The largest absolute Gasteiger partial charge is 0.497 e. The first-order valence-electron chi connectivity index (χ1n) is 8.13. The van der Waals surface area contributed by atoms with Crippen molar-refractivity contribution in [3.63, 3.8) is 0 Å². The third-order valence-electron chi connectivity index (χ3n) is 3.54. The van der Waals surface area contributed by atoms with E-state index in [0.717, 1.165) is 0 Å². The molecule has 8 heteroatoms. The number of ether oxygens (including phenoxy) is 3. The molecule has 0 aliphatic rings. The van der Waals surface area contributed by atoms with Gasteiger partial charge in [-0.25, -0.2) is 9.18 Å². The van der Waals surface area contributed by atoms with Crippen molar-refractivity contribution in [1.82, 2.24) is 5.32 Å². The molecule has 0 heterocycles. The summed E-state index contributed by atoms with van der Waals surface area (Å²) in [5.41, 5.74) is 0.534. The van der Waals surface area contributed by atoms with Crippen molar-refractivity contribution in [2.75, 3.05) is 20.3 Å². The van der Waals surface area contributed by atoms with Gasteiger partial charge in [0, 0.05) is 22.6 Å². The Kier molecular flexibility index (Phi) is 7.60. The van der Waals surface area contributed by atoms with Crippen molar-refractivity contribution < 1.29 is 28.2 Å². The van der Waals surface area contributed by atoms with E-state index in [0.29, 0.717) is 15.8 Å². The van der Waals surface area contributed by atoms with Gasteiger partial charge in [-0.1, -0.05) is 22.0 Å². The second kappa shape index (κ2) is 9.91. The fourth-order valence-corrected chi connectivity index (χ4v) is 2.54. The molecule has 1 amide bonds. The summed E-state index contributed by atoms with van der Waals surface area (Å²) in [4.78, 5) is 24.0. The standard InChI is InChI=1S/C19H19BrFNO5/c1-3-26-18(23)11-27-17-9-14(25-2)6-7-15(17)19(24)22-10-12-4-5-13(20)8-16(12)21/h4-9H,3,10-11H2,1-2H3,(H,22,24). The lowest BCUT2D eigenvalue weighted by molar-refractivity contribution is -0.145. The molecule has 0 saturated carbocycles. The highest BCUT2D eigenvalue weighted by atomic mass is 79.9. The second-order valence-electron chi connectivity index (χ2n) is 5.37. The fraction of sp³-hybridized carbons (Fsp3) is 0.263. The Labute approximate surface area is 164 Å². The molecule has 2 aromatic rings. The molecular formula is C19H19BrFNO5. The molecule has 6 nitrogen and oxygen atoms in total. The van der Waals surface area contributed by atoms with Crippen LogP contribution in [-0.4, -0.2) is 32.2 Å². The van der Waals surface area contributed by atoms with Crippen LogP contribution < -0.4 is 14.8 Å². The summed E-state index contributed by atoms with van der Waals surface area (Å²) in [5.74, 6) is -0.832. The van der Waals surface area contributed by atoms with Crippen molar-refractivity contribution in [2.45, 2.75) is 13.5 Å². The lowest BCUT2D eigenvalue weighted by Gasteiger charge is -2.13. The molecule has 2 rings (SSSR count). The zero-order valence-corrected chi connectivity index (χ0v) is 16.5. The van der Waals surface area contributed by atoms with Gasteiger partial charge in [0.15, 0.2) is 6.61 Å². The first-order chi connectivity index (χ1) is 12.9. The van der Waals surface area contributed by atoms with E-state index in [4.69, 9.17) is 14.2 Å². The van der Waals surface area contributed by atoms with E-state index < -0.39 is 17.7 Å². The van der Waals surface area contributed by atoms with Gasteiger partial charge < -0.3 is 19.5 Å². The molecule has 0 aliphatic heterocycles. The molecule has 144 valence electrons. The Morgan fingerprint density at radius 2 is 1.96 bits per heavy atom. The number of halogens is 2. The smallest absolute Gasteiger partial charge is 0.344 e. The summed E-state index contributed by atoms with van der Waals surface area (Å²) < 4.78 is 29.8. The number of rotatable bonds is 8. The van der Waals surface area contributed by atoms with E-state index in [9.17, 15) is 14.0 Å². The molecule has 0 saturated heterocycles. The van der Waals surface area contributed by atoms with Gasteiger partial charge in [-0.3, -0.25) is 4.79 Å². The van der Waals surface area contributed by atoms with E-state index in [1.54, 1.807) is 25.1 Å². The predicted molar refractivity (Wildman–Crippen MR) is 100 cm³/mol. The van der Waals surface area contributed by atoms with Crippen LogP contribution in [0.25, 0.3) is 0 Å². The van der Waals surface area contributed by atoms with Gasteiger partial charge in [0.25, 0.3) is 5.91 Å². The van der Waals surface area contributed by atoms with Crippen LogP contribution in [0.2, 0.25) is 0 Å². The molecule has 0 radical (unpaired) electrons. The average molecular weight is 440 g/mol. The number of hydrogen-bond acceptors (Lipinski definition) is 5. The normalized spacial score (nSPS) is 10.2. The molecule has 0 atom stereocenters. The van der Waals surface area contributed by atoms with Crippen LogP contribution in [0.1, 0.15) is 22.8 Å². The Morgan fingerprint density at radius 1 is 1.19 bits per heavy atom. The third kappa shape index (κ3) is 5.96. The van der Waals surface area contributed by atoms with Crippen molar-refractivity contribution in [3.05, 3.63) is 57.8 Å². The average Bonchev–Trinajstić information content (AvgIpc) is 2.65. The number of benzene rings is 2. The maximum absolute atomic E-state index is 13.9. The number of amides is 1. The Hall–Kier alpha value is -2.61. The fourth-order valence-electron chi connectivity index (χ4n) is 2.21. The van der Waals surface area contributed by atoms with Gasteiger partial charge in [-0.15, -0.1) is 0 Å². The summed E-state index contributed by atoms with van der Waals surface area (Å²) in [5, 5.41) is 2.63. The minimum atomic E-state index is -0.552. The summed E-state index contributed by atoms with van der Waals surface area (Å²) in [7, 11) is 1.47. The van der Waals surface area contributed by atoms with Crippen LogP contribution in [0, 0.1) is 5.82 Å². The summed E-state index contributed by atoms with van der Waals surface area (Å²) in [6, 6.07) is 9.17. The van der Waals surface area contributed by atoms with E-state index >= 15 is 0 Å². The quantitative estimate of drug-likeness (QED) is 0.637. The zero-order valence-electron chi connectivity index (χ0n) is 14.9. The maximum Gasteiger partial charge on any atom is 0.344 e. The Morgan fingerprint density at radius 3 is 2.63 bits per heavy atom. The number of methoxy groups -OCH3 is 1. The molecule has 0 aromatic heterocycles. The van der Waals surface area contributed by atoms with Gasteiger partial charge in [-0.2, -0.15) is 0 Å². The monoisotopic (exact) mass is 439 g/mol. The number of hydrogen-bond donors (Lipinski definition) is 1. The van der Waals surface area contributed by atoms with E-state index in [2.05, 4.69) is 21.2 Å². The number of nitrogens with one attached hydrogen (secondary N) is 1. The lowest BCUT2D eigenvalue weighted by atomic mass is 10.1. The van der Waals surface area contributed by atoms with Crippen molar-refractivity contribution in [2.24, 2.45) is 0 Å². The first kappa shape index (κ1) is 20.7. The van der Waals surface area contributed by atoms with Gasteiger partial charge >= 0.3 is 5.97 Å². The molecule has 0 fully saturated rings. The van der Waals surface area contributed by atoms with Crippen molar-refractivity contribution in [3.8, 4) is 11.5 Å². The number of carbonyl (C=O) groups is 2. The highest BCUT2D eigenvalue weighted by Gasteiger charge is 2.16. The maximum atomic E-state index is 13.9. The van der Waals surface area contributed by atoms with Crippen LogP contribution in [0.3, 0.4) is 0 Å². The van der Waals surface area contributed by atoms with E-state index in [1.165, 1.54) is 25.3 Å². The van der Waals surface area contributed by atoms with Crippen molar-refractivity contribution in [1.29, 1.82) is 0 Å². The summed E-state index contributed by atoms with van der Waals surface area (Å²) >= 11 is 3.18. The minimum Gasteiger partial charge on any atom is -0.497 e. The van der Waals surface area contributed by atoms with Gasteiger partial charge in [-0.05, 0) is 31.2 Å². The second-order valence-corrected chi connectivity index (χ2v) is 6.29. The van der Waals surface area contributed by atoms with Gasteiger partial charge in [0.2, 0.25) is 0 Å². The molecular weight excluding hydrogens is 421 g/mol. The van der Waals surface area contributed by atoms with Crippen molar-refractivity contribution >= 4 is 27.8 Å². The molecule has 0 aliphatic carbocycles. The van der Waals surface area contributed by atoms with Crippen LogP contribution in [-0.2, 0) is 16.1 Å². The molecule has 0 bridgehead atoms. The zero-order chi connectivity index (χ0) is 19.8. The minimum absolute atomic E-state index is 0.00128. The number of carbonyl (C=O) groups excluding carboxylic acids is 2. The SMILES string of the molecule is CCOC(=O)COc1cc(OC)ccc1C(=O)NCc1ccc(Br)cc1F.